The molecule has 0 spiro atoms. The van der Waals surface area contributed by atoms with Crippen molar-refractivity contribution in [1.82, 2.24) is 0 Å². The van der Waals surface area contributed by atoms with Gasteiger partial charge in [0.25, 0.3) is 0 Å². The number of amides is 1. The van der Waals surface area contributed by atoms with Crippen molar-refractivity contribution in [3.63, 3.8) is 0 Å². The van der Waals surface area contributed by atoms with Gasteiger partial charge in [-0.3, -0.25) is 4.79 Å². The van der Waals surface area contributed by atoms with Gasteiger partial charge in [0.2, 0.25) is 5.91 Å². The predicted molar refractivity (Wildman–Crippen MR) is 99.4 cm³/mol. The molecule has 3 aromatic rings. The molecule has 0 saturated carbocycles. The van der Waals surface area contributed by atoms with Gasteiger partial charge in [0.15, 0.2) is 0 Å². The zero-order valence-electron chi connectivity index (χ0n) is 13.7. The average Bonchev–Trinajstić information content (AvgIpc) is 2.66. The van der Waals surface area contributed by atoms with E-state index in [1.54, 1.807) is 30.3 Å². The van der Waals surface area contributed by atoms with Gasteiger partial charge in [0.05, 0.1) is 12.7 Å². The number of carbonyl (C=O) groups is 2. The third kappa shape index (κ3) is 3.93. The number of fused-ring (bicyclic) bond motifs is 1. The van der Waals surface area contributed by atoms with E-state index in [1.165, 1.54) is 13.2 Å². The maximum atomic E-state index is 12.2. The number of nitrogens with one attached hydrogen (secondary N) is 1. The van der Waals surface area contributed by atoms with Crippen molar-refractivity contribution < 1.29 is 14.3 Å². The summed E-state index contributed by atoms with van der Waals surface area (Å²) in [6, 6.07) is 20.5. The minimum Gasteiger partial charge on any atom is -0.465 e. The first-order valence-electron chi connectivity index (χ1n) is 7.82. The van der Waals surface area contributed by atoms with Gasteiger partial charge in [-0.2, -0.15) is 0 Å². The molecule has 0 aliphatic heterocycles. The lowest BCUT2D eigenvalue weighted by Crippen LogP contribution is -2.08. The van der Waals surface area contributed by atoms with Gasteiger partial charge < -0.3 is 10.1 Å². The lowest BCUT2D eigenvalue weighted by atomic mass is 10.1. The topological polar surface area (TPSA) is 55.4 Å². The molecule has 0 aliphatic rings. The van der Waals surface area contributed by atoms with Crippen LogP contribution in [-0.4, -0.2) is 19.0 Å². The summed E-state index contributed by atoms with van der Waals surface area (Å²) in [6.45, 7) is 0. The SMILES string of the molecule is COC(=O)c1ccc(/C=C/C(=O)Nc2cccc3ccccc23)cc1. The van der Waals surface area contributed by atoms with Crippen LogP contribution >= 0.6 is 0 Å². The van der Waals surface area contributed by atoms with E-state index in [9.17, 15) is 9.59 Å². The molecule has 0 radical (unpaired) electrons. The number of benzene rings is 3. The maximum Gasteiger partial charge on any atom is 0.337 e. The van der Waals surface area contributed by atoms with E-state index in [0.29, 0.717) is 5.56 Å². The average molecular weight is 331 g/mol. The number of hydrogen-bond acceptors (Lipinski definition) is 3. The van der Waals surface area contributed by atoms with E-state index < -0.39 is 0 Å². The molecule has 4 heteroatoms. The highest BCUT2D eigenvalue weighted by molar-refractivity contribution is 6.07. The third-order valence-electron chi connectivity index (χ3n) is 3.81. The Kier molecular flexibility index (Phi) is 4.90. The van der Waals surface area contributed by atoms with Crippen molar-refractivity contribution in [2.24, 2.45) is 0 Å². The van der Waals surface area contributed by atoms with Crippen LogP contribution in [0.1, 0.15) is 15.9 Å². The Labute approximate surface area is 145 Å². The molecule has 0 heterocycles. The summed E-state index contributed by atoms with van der Waals surface area (Å²) < 4.78 is 4.65. The number of hydrogen-bond donors (Lipinski definition) is 1. The Balaban J connectivity index is 1.71. The first-order chi connectivity index (χ1) is 12.2. The molecule has 1 amide bonds. The van der Waals surface area contributed by atoms with Crippen LogP contribution in [0.3, 0.4) is 0 Å². The number of carbonyl (C=O) groups excluding carboxylic acids is 2. The summed E-state index contributed by atoms with van der Waals surface area (Å²) >= 11 is 0. The number of methoxy groups -OCH3 is 1. The second-order valence-electron chi connectivity index (χ2n) is 5.46. The maximum absolute atomic E-state index is 12.2. The number of esters is 1. The first kappa shape index (κ1) is 16.5. The van der Waals surface area contributed by atoms with Crippen molar-refractivity contribution in [3.05, 3.63) is 83.9 Å². The van der Waals surface area contributed by atoms with Crippen molar-refractivity contribution in [1.29, 1.82) is 0 Å². The van der Waals surface area contributed by atoms with E-state index in [4.69, 9.17) is 0 Å². The van der Waals surface area contributed by atoms with Crippen molar-refractivity contribution in [3.8, 4) is 0 Å². The van der Waals surface area contributed by atoms with E-state index in [2.05, 4.69) is 10.1 Å². The summed E-state index contributed by atoms with van der Waals surface area (Å²) in [5.41, 5.74) is 2.06. The largest absolute Gasteiger partial charge is 0.465 e. The van der Waals surface area contributed by atoms with E-state index >= 15 is 0 Å². The fraction of sp³-hybridized carbons (Fsp3) is 0.0476. The zero-order valence-corrected chi connectivity index (χ0v) is 13.7. The normalized spacial score (nSPS) is 10.8. The van der Waals surface area contributed by atoms with Gasteiger partial charge in [0, 0.05) is 17.1 Å². The zero-order chi connectivity index (χ0) is 17.6. The molecular formula is C21H17NO3. The van der Waals surface area contributed by atoms with Crippen LogP contribution in [-0.2, 0) is 9.53 Å². The molecule has 4 nitrogen and oxygen atoms in total. The first-order valence-corrected chi connectivity index (χ1v) is 7.82. The van der Waals surface area contributed by atoms with Crippen LogP contribution in [0.25, 0.3) is 16.8 Å². The van der Waals surface area contributed by atoms with Gasteiger partial charge in [-0.05, 0) is 35.2 Å². The fourth-order valence-electron chi connectivity index (χ4n) is 2.53. The molecular weight excluding hydrogens is 314 g/mol. The highest BCUT2D eigenvalue weighted by atomic mass is 16.5. The van der Waals surface area contributed by atoms with Crippen LogP contribution < -0.4 is 5.32 Å². The van der Waals surface area contributed by atoms with Gasteiger partial charge in [-0.1, -0.05) is 48.5 Å². The Morgan fingerprint density at radius 3 is 2.40 bits per heavy atom. The molecule has 0 atom stereocenters. The van der Waals surface area contributed by atoms with Gasteiger partial charge in [0.1, 0.15) is 0 Å². The summed E-state index contributed by atoms with van der Waals surface area (Å²) in [5.74, 6) is -0.599. The van der Waals surface area contributed by atoms with Crippen LogP contribution in [0.4, 0.5) is 5.69 Å². The third-order valence-corrected chi connectivity index (χ3v) is 3.81. The molecule has 0 bridgehead atoms. The number of ether oxygens (including phenoxy) is 1. The van der Waals surface area contributed by atoms with Crippen molar-refractivity contribution >= 4 is 34.4 Å². The second-order valence-corrected chi connectivity index (χ2v) is 5.46. The Hall–Kier alpha value is -3.40. The van der Waals surface area contributed by atoms with E-state index in [1.807, 2.05) is 42.5 Å². The van der Waals surface area contributed by atoms with Gasteiger partial charge >= 0.3 is 5.97 Å². The molecule has 0 unspecified atom stereocenters. The Bertz CT molecular complexity index is 938. The van der Waals surface area contributed by atoms with Crippen LogP contribution in [0.5, 0.6) is 0 Å². The molecule has 25 heavy (non-hydrogen) atoms. The second kappa shape index (κ2) is 7.45. The molecule has 3 aromatic carbocycles. The van der Waals surface area contributed by atoms with E-state index in [-0.39, 0.29) is 11.9 Å². The lowest BCUT2D eigenvalue weighted by Gasteiger charge is -2.06. The molecule has 1 N–H and O–H groups in total. The molecule has 0 aliphatic carbocycles. The molecule has 0 saturated heterocycles. The quantitative estimate of drug-likeness (QED) is 0.573. The predicted octanol–water partition coefficient (Wildman–Crippen LogP) is 4.28. The molecule has 0 aromatic heterocycles. The fourth-order valence-corrected chi connectivity index (χ4v) is 2.53. The van der Waals surface area contributed by atoms with Crippen LogP contribution in [0, 0.1) is 0 Å². The summed E-state index contributed by atoms with van der Waals surface area (Å²) in [6.07, 6.45) is 3.16. The smallest absolute Gasteiger partial charge is 0.337 e. The van der Waals surface area contributed by atoms with E-state index in [0.717, 1.165) is 22.0 Å². The lowest BCUT2D eigenvalue weighted by molar-refractivity contribution is -0.111. The monoisotopic (exact) mass is 331 g/mol. The van der Waals surface area contributed by atoms with Crippen molar-refractivity contribution in [2.45, 2.75) is 0 Å². The highest BCUT2D eigenvalue weighted by Gasteiger charge is 2.04. The summed E-state index contributed by atoms with van der Waals surface area (Å²) in [5, 5.41) is 4.96. The number of rotatable bonds is 4. The molecule has 3 rings (SSSR count). The Morgan fingerprint density at radius 1 is 0.920 bits per heavy atom. The molecule has 0 fully saturated rings. The highest BCUT2D eigenvalue weighted by Crippen LogP contribution is 2.22. The minimum atomic E-state index is -0.385. The van der Waals surface area contributed by atoms with Gasteiger partial charge in [-0.15, -0.1) is 0 Å². The minimum absolute atomic E-state index is 0.214. The molecule has 124 valence electrons. The van der Waals surface area contributed by atoms with Gasteiger partial charge in [-0.25, -0.2) is 4.79 Å². The van der Waals surface area contributed by atoms with Crippen molar-refractivity contribution in [2.75, 3.05) is 12.4 Å². The Morgan fingerprint density at radius 2 is 1.64 bits per heavy atom. The summed E-state index contributed by atoms with van der Waals surface area (Å²) in [4.78, 5) is 23.6. The van der Waals surface area contributed by atoms with Crippen LogP contribution in [0.2, 0.25) is 0 Å². The van der Waals surface area contributed by atoms with Crippen LogP contribution in [0.15, 0.2) is 72.8 Å². The number of anilines is 1. The summed E-state index contributed by atoms with van der Waals surface area (Å²) in [7, 11) is 1.34. The standard InChI is InChI=1S/C21H17NO3/c1-25-21(24)17-12-9-15(10-13-17)11-14-20(23)22-19-8-4-6-16-5-2-3-7-18(16)19/h2-14H,1H3,(H,22,23)/b14-11+.